The van der Waals surface area contributed by atoms with E-state index in [1.807, 2.05) is 32.9 Å². The average molecular weight is 359 g/mol. The monoisotopic (exact) mass is 358 g/mol. The van der Waals surface area contributed by atoms with Crippen molar-refractivity contribution in [3.63, 3.8) is 0 Å². The van der Waals surface area contributed by atoms with Crippen LogP contribution in [0.5, 0.6) is 0 Å². The molecule has 1 aromatic rings. The lowest BCUT2D eigenvalue weighted by Crippen LogP contribution is -2.50. The van der Waals surface area contributed by atoms with Crippen LogP contribution in [0.25, 0.3) is 0 Å². The molecule has 1 aliphatic rings. The smallest absolute Gasteiger partial charge is 0.247 e. The fourth-order valence-corrected chi connectivity index (χ4v) is 3.93. The van der Waals surface area contributed by atoms with Gasteiger partial charge in [0, 0.05) is 11.6 Å². The Morgan fingerprint density at radius 2 is 1.73 bits per heavy atom. The Morgan fingerprint density at radius 3 is 2.31 bits per heavy atom. The van der Waals surface area contributed by atoms with Gasteiger partial charge in [-0.3, -0.25) is 9.59 Å². The van der Waals surface area contributed by atoms with Gasteiger partial charge in [-0.15, -0.1) is 0 Å². The number of aryl methyl sites for hydroxylation is 2. The summed E-state index contributed by atoms with van der Waals surface area (Å²) in [6, 6.07) is 5.50. The fourth-order valence-electron chi connectivity index (χ4n) is 3.93. The Bertz CT molecular complexity index is 621. The van der Waals surface area contributed by atoms with E-state index in [1.54, 1.807) is 0 Å². The second kappa shape index (κ2) is 9.20. The minimum absolute atomic E-state index is 0.0318. The normalized spacial score (nSPS) is 22.3. The Labute approximate surface area is 158 Å². The third kappa shape index (κ3) is 5.33. The molecule has 0 unspecified atom stereocenters. The van der Waals surface area contributed by atoms with E-state index >= 15 is 0 Å². The first kappa shape index (κ1) is 20.5. The van der Waals surface area contributed by atoms with Gasteiger partial charge in [0.25, 0.3) is 0 Å². The molecular weight excluding hydrogens is 324 g/mol. The minimum atomic E-state index is -0.498. The lowest BCUT2D eigenvalue weighted by molar-refractivity contribution is -0.132. The number of amides is 2. The molecule has 4 heteroatoms. The highest BCUT2D eigenvalue weighted by atomic mass is 16.2. The van der Waals surface area contributed by atoms with Gasteiger partial charge in [0.05, 0.1) is 0 Å². The van der Waals surface area contributed by atoms with Gasteiger partial charge >= 0.3 is 0 Å². The summed E-state index contributed by atoms with van der Waals surface area (Å²) in [5, 5.41) is 6.07. The van der Waals surface area contributed by atoms with E-state index in [4.69, 9.17) is 0 Å². The van der Waals surface area contributed by atoms with Crippen LogP contribution in [0.2, 0.25) is 0 Å². The van der Waals surface area contributed by atoms with Gasteiger partial charge in [-0.25, -0.2) is 0 Å². The molecule has 144 valence electrons. The van der Waals surface area contributed by atoms with Crippen LogP contribution in [0.15, 0.2) is 18.2 Å². The third-order valence-electron chi connectivity index (χ3n) is 5.73. The van der Waals surface area contributed by atoms with E-state index in [1.165, 1.54) is 6.42 Å². The molecule has 0 bridgehead atoms. The highest BCUT2D eigenvalue weighted by molar-refractivity contribution is 5.97. The summed E-state index contributed by atoms with van der Waals surface area (Å²) in [6.45, 7) is 10.3. The van der Waals surface area contributed by atoms with E-state index in [0.717, 1.165) is 42.5 Å². The molecule has 4 nitrogen and oxygen atoms in total. The van der Waals surface area contributed by atoms with Crippen LogP contribution in [0.3, 0.4) is 0 Å². The zero-order chi connectivity index (χ0) is 19.3. The highest BCUT2D eigenvalue weighted by Crippen LogP contribution is 2.30. The number of rotatable bonds is 6. The second-order valence-electron chi connectivity index (χ2n) is 8.11. The molecule has 2 amide bonds. The topological polar surface area (TPSA) is 58.2 Å². The van der Waals surface area contributed by atoms with Gasteiger partial charge in [0.2, 0.25) is 11.8 Å². The molecule has 0 aromatic heterocycles. The van der Waals surface area contributed by atoms with Gasteiger partial charge in [-0.05, 0) is 61.8 Å². The average Bonchev–Trinajstić information content (AvgIpc) is 2.58. The quantitative estimate of drug-likeness (QED) is 0.781. The Balaban J connectivity index is 2.10. The molecule has 1 saturated carbocycles. The fraction of sp³-hybridized carbons (Fsp3) is 0.636. The summed E-state index contributed by atoms with van der Waals surface area (Å²) in [7, 11) is 0. The number of carbonyl (C=O) groups excluding carboxylic acids is 2. The number of nitrogens with one attached hydrogen (secondary N) is 2. The third-order valence-corrected chi connectivity index (χ3v) is 5.73. The summed E-state index contributed by atoms with van der Waals surface area (Å²) < 4.78 is 0. The molecule has 0 saturated heterocycles. The van der Waals surface area contributed by atoms with Crippen molar-refractivity contribution in [3.8, 4) is 0 Å². The van der Waals surface area contributed by atoms with Gasteiger partial charge in [-0.1, -0.05) is 46.1 Å². The zero-order valence-corrected chi connectivity index (χ0v) is 16.9. The van der Waals surface area contributed by atoms with Gasteiger partial charge in [0.1, 0.15) is 6.04 Å². The molecule has 4 atom stereocenters. The molecule has 2 rings (SSSR count). The number of benzene rings is 1. The first-order valence-corrected chi connectivity index (χ1v) is 10.0. The number of hydrogen-bond acceptors (Lipinski definition) is 2. The lowest BCUT2D eigenvalue weighted by atomic mass is 9.79. The summed E-state index contributed by atoms with van der Waals surface area (Å²) in [5.41, 5.74) is 3.02. The van der Waals surface area contributed by atoms with Gasteiger partial charge in [-0.2, -0.15) is 0 Å². The van der Waals surface area contributed by atoms with Crippen molar-refractivity contribution < 1.29 is 9.59 Å². The van der Waals surface area contributed by atoms with Crippen LogP contribution in [0, 0.1) is 31.6 Å². The molecule has 0 heterocycles. The Hall–Kier alpha value is -1.84. The van der Waals surface area contributed by atoms with Gasteiger partial charge in [0.15, 0.2) is 0 Å². The first-order valence-electron chi connectivity index (χ1n) is 10.0. The number of anilines is 1. The number of carbonyl (C=O) groups is 2. The van der Waals surface area contributed by atoms with Crippen molar-refractivity contribution in [1.29, 1.82) is 0 Å². The van der Waals surface area contributed by atoms with Crippen molar-refractivity contribution in [2.75, 3.05) is 5.32 Å². The molecule has 1 aromatic carbocycles. The Morgan fingerprint density at radius 1 is 1.12 bits per heavy atom. The van der Waals surface area contributed by atoms with Crippen LogP contribution >= 0.6 is 0 Å². The van der Waals surface area contributed by atoms with Crippen LogP contribution in [-0.4, -0.2) is 17.9 Å². The lowest BCUT2D eigenvalue weighted by Gasteiger charge is -2.31. The summed E-state index contributed by atoms with van der Waals surface area (Å²) >= 11 is 0. The molecule has 2 N–H and O–H groups in total. The van der Waals surface area contributed by atoms with Crippen LogP contribution < -0.4 is 10.6 Å². The van der Waals surface area contributed by atoms with Crippen LogP contribution in [0.1, 0.15) is 64.0 Å². The van der Waals surface area contributed by atoms with E-state index in [-0.39, 0.29) is 23.7 Å². The maximum atomic E-state index is 12.9. The number of hydrogen-bond donors (Lipinski definition) is 2. The van der Waals surface area contributed by atoms with E-state index in [2.05, 4.69) is 30.5 Å². The molecule has 0 aliphatic heterocycles. The molecule has 0 radical (unpaired) electrons. The predicted molar refractivity (Wildman–Crippen MR) is 107 cm³/mol. The van der Waals surface area contributed by atoms with E-state index in [0.29, 0.717) is 5.92 Å². The van der Waals surface area contributed by atoms with Gasteiger partial charge < -0.3 is 10.6 Å². The Kier molecular flexibility index (Phi) is 7.24. The molecule has 0 spiro atoms. The SMILES string of the molecule is CC[C@H](C)[C@H](NC(=O)[C@@H]1CCCC[C@@H]1C)C(=O)Nc1cc(C)cc(C)c1. The van der Waals surface area contributed by atoms with Crippen LogP contribution in [0.4, 0.5) is 5.69 Å². The highest BCUT2D eigenvalue weighted by Gasteiger charge is 2.32. The summed E-state index contributed by atoms with van der Waals surface area (Å²) in [4.78, 5) is 25.7. The van der Waals surface area contributed by atoms with Crippen molar-refractivity contribution in [1.82, 2.24) is 5.32 Å². The van der Waals surface area contributed by atoms with Crippen LogP contribution in [-0.2, 0) is 9.59 Å². The van der Waals surface area contributed by atoms with Crippen molar-refractivity contribution in [2.24, 2.45) is 17.8 Å². The van der Waals surface area contributed by atoms with E-state index in [9.17, 15) is 9.59 Å². The van der Waals surface area contributed by atoms with Crippen molar-refractivity contribution >= 4 is 17.5 Å². The summed E-state index contributed by atoms with van der Waals surface area (Å²) in [5.74, 6) is 0.427. The van der Waals surface area contributed by atoms with E-state index < -0.39 is 6.04 Å². The van der Waals surface area contributed by atoms with Crippen molar-refractivity contribution in [3.05, 3.63) is 29.3 Å². The molecule has 1 aliphatic carbocycles. The molecule has 26 heavy (non-hydrogen) atoms. The zero-order valence-electron chi connectivity index (χ0n) is 16.9. The predicted octanol–water partition coefficient (Wildman–Crippen LogP) is 4.60. The largest absolute Gasteiger partial charge is 0.344 e. The molecule has 1 fully saturated rings. The second-order valence-corrected chi connectivity index (χ2v) is 8.11. The minimum Gasteiger partial charge on any atom is -0.344 e. The molecular formula is C22H34N2O2. The maximum Gasteiger partial charge on any atom is 0.247 e. The first-order chi connectivity index (χ1) is 12.3. The maximum absolute atomic E-state index is 12.9. The standard InChI is InChI=1S/C22H34N2O2/c1-6-16(4)20(24-21(25)19-10-8-7-9-17(19)5)22(26)23-18-12-14(2)11-15(3)13-18/h11-13,16-17,19-20H,6-10H2,1-5H3,(H,23,26)(H,24,25)/t16-,17-,19+,20-/m0/s1. The summed E-state index contributed by atoms with van der Waals surface area (Å²) in [6.07, 6.45) is 5.17. The van der Waals surface area contributed by atoms with Crippen molar-refractivity contribution in [2.45, 2.75) is 72.8 Å².